The van der Waals surface area contributed by atoms with E-state index in [1.165, 1.54) is 0 Å². The van der Waals surface area contributed by atoms with Crippen molar-refractivity contribution in [2.75, 3.05) is 0 Å². The number of carbonyl (C=O) groups excluding carboxylic acids is 2. The molecular formula is C13H11NO4. The summed E-state index contributed by atoms with van der Waals surface area (Å²) >= 11 is 0. The second kappa shape index (κ2) is 4.18. The third kappa shape index (κ3) is 1.84. The van der Waals surface area contributed by atoms with Crippen LogP contribution in [0.25, 0.3) is 0 Å². The highest BCUT2D eigenvalue weighted by atomic mass is 16.6. The maximum Gasteiger partial charge on any atom is 0.360 e. The molecule has 2 fully saturated rings. The number of hydrogen-bond donors (Lipinski definition) is 1. The summed E-state index contributed by atoms with van der Waals surface area (Å²) in [4.78, 5) is 22.7. The van der Waals surface area contributed by atoms with Crippen molar-refractivity contribution in [3.63, 3.8) is 0 Å². The van der Waals surface area contributed by atoms with Gasteiger partial charge in [-0.25, -0.2) is 4.79 Å². The fourth-order valence-corrected chi connectivity index (χ4v) is 1.99. The van der Waals surface area contributed by atoms with E-state index in [4.69, 9.17) is 9.47 Å². The molecule has 2 heterocycles. The number of benzene rings is 1. The van der Waals surface area contributed by atoms with Gasteiger partial charge in [0.05, 0.1) is 6.42 Å². The lowest BCUT2D eigenvalue weighted by Gasteiger charge is -2.09. The Morgan fingerprint density at radius 2 is 1.89 bits per heavy atom. The smallest absolute Gasteiger partial charge is 0.360 e. The Kier molecular flexibility index (Phi) is 2.51. The van der Waals surface area contributed by atoms with Crippen LogP contribution in [-0.4, -0.2) is 11.9 Å². The zero-order valence-corrected chi connectivity index (χ0v) is 9.51. The first kappa shape index (κ1) is 10.8. The van der Waals surface area contributed by atoms with Gasteiger partial charge in [-0.15, -0.1) is 0 Å². The number of ether oxygens (including phenoxy) is 2. The van der Waals surface area contributed by atoms with E-state index >= 15 is 0 Å². The highest BCUT2D eigenvalue weighted by Gasteiger charge is 2.35. The monoisotopic (exact) mass is 245 g/mol. The van der Waals surface area contributed by atoms with Gasteiger partial charge in [0, 0.05) is 12.0 Å². The number of rotatable bonds is 1. The lowest BCUT2D eigenvalue weighted by Crippen LogP contribution is -2.14. The third-order valence-corrected chi connectivity index (χ3v) is 2.88. The van der Waals surface area contributed by atoms with E-state index in [9.17, 15) is 9.59 Å². The Balaban J connectivity index is 1.85. The minimum absolute atomic E-state index is 0.259. The minimum Gasteiger partial charge on any atom is -0.433 e. The summed E-state index contributed by atoms with van der Waals surface area (Å²) in [6, 6.07) is 9.34. The summed E-state index contributed by atoms with van der Waals surface area (Å²) in [6.07, 6.45) is 0.238. The maximum atomic E-state index is 11.7. The Hall–Kier alpha value is -2.30. The van der Waals surface area contributed by atoms with Crippen molar-refractivity contribution in [3.8, 4) is 0 Å². The van der Waals surface area contributed by atoms with Gasteiger partial charge in [0.1, 0.15) is 5.76 Å². The van der Waals surface area contributed by atoms with Crippen LogP contribution in [0, 0.1) is 0 Å². The van der Waals surface area contributed by atoms with Crippen molar-refractivity contribution in [2.45, 2.75) is 19.1 Å². The van der Waals surface area contributed by atoms with Gasteiger partial charge >= 0.3 is 11.9 Å². The molecule has 0 aromatic heterocycles. The number of carbonyl (C=O) groups is 2. The van der Waals surface area contributed by atoms with Gasteiger partial charge in [0.25, 0.3) is 0 Å². The van der Waals surface area contributed by atoms with Crippen LogP contribution in [0.4, 0.5) is 0 Å². The number of nitrogens with one attached hydrogen (secondary N) is 1. The summed E-state index contributed by atoms with van der Waals surface area (Å²) in [5.74, 6) is -0.410. The topological polar surface area (TPSA) is 64.6 Å². The zero-order valence-electron chi connectivity index (χ0n) is 9.51. The molecule has 1 atom stereocenters. The van der Waals surface area contributed by atoms with E-state index in [2.05, 4.69) is 5.32 Å². The van der Waals surface area contributed by atoms with Gasteiger partial charge in [0.15, 0.2) is 11.9 Å². The van der Waals surface area contributed by atoms with Crippen molar-refractivity contribution in [2.24, 2.45) is 0 Å². The Morgan fingerprint density at radius 3 is 2.56 bits per heavy atom. The van der Waals surface area contributed by atoms with Crippen LogP contribution in [0.3, 0.4) is 0 Å². The van der Waals surface area contributed by atoms with Gasteiger partial charge < -0.3 is 14.8 Å². The molecule has 1 N–H and O–H groups in total. The second-order valence-corrected chi connectivity index (χ2v) is 4.11. The lowest BCUT2D eigenvalue weighted by molar-refractivity contribution is -0.139. The summed E-state index contributed by atoms with van der Waals surface area (Å²) < 4.78 is 10.2. The average molecular weight is 245 g/mol. The van der Waals surface area contributed by atoms with Gasteiger partial charge in [-0.2, -0.15) is 0 Å². The average Bonchev–Trinajstić information content (AvgIpc) is 2.97. The summed E-state index contributed by atoms with van der Waals surface area (Å²) in [6.45, 7) is 0. The van der Waals surface area contributed by atoms with Crippen LogP contribution in [0.15, 0.2) is 41.8 Å². The van der Waals surface area contributed by atoms with Crippen LogP contribution in [0.2, 0.25) is 0 Å². The largest absolute Gasteiger partial charge is 0.433 e. The van der Waals surface area contributed by atoms with E-state index in [1.807, 2.05) is 30.3 Å². The number of hydrogen-bond acceptors (Lipinski definition) is 5. The molecule has 0 radical (unpaired) electrons. The van der Waals surface area contributed by atoms with Crippen LogP contribution in [0.5, 0.6) is 0 Å². The molecule has 1 aromatic carbocycles. The van der Waals surface area contributed by atoms with Gasteiger partial charge in [0.2, 0.25) is 0 Å². The van der Waals surface area contributed by atoms with Gasteiger partial charge in [-0.1, -0.05) is 30.3 Å². The number of cyclic esters (lactones) is 2. The number of esters is 2. The van der Waals surface area contributed by atoms with Crippen molar-refractivity contribution < 1.29 is 19.1 Å². The molecule has 5 heteroatoms. The highest BCUT2D eigenvalue weighted by Crippen LogP contribution is 2.29. The molecule has 0 spiro atoms. The van der Waals surface area contributed by atoms with Crippen LogP contribution < -0.4 is 5.32 Å². The standard InChI is InChI=1S/C13H11NO4/c15-10-7-6-9(17-10)11-13(16)18-12(14-11)8-4-2-1-3-5-8/h1-5,12,14H,6-7H2. The Labute approximate surface area is 103 Å². The van der Waals surface area contributed by atoms with E-state index in [0.29, 0.717) is 18.6 Å². The quantitative estimate of drug-likeness (QED) is 0.598. The van der Waals surface area contributed by atoms with Crippen molar-refractivity contribution in [1.82, 2.24) is 5.32 Å². The normalized spacial score (nSPS) is 26.8. The molecule has 5 nitrogen and oxygen atoms in total. The van der Waals surface area contributed by atoms with E-state index in [-0.39, 0.29) is 11.7 Å². The Morgan fingerprint density at radius 1 is 1.11 bits per heavy atom. The Bertz CT molecular complexity index is 535. The number of allylic oxidation sites excluding steroid dienone is 1. The molecule has 2 saturated heterocycles. The molecule has 0 saturated carbocycles. The van der Waals surface area contributed by atoms with Gasteiger partial charge in [-0.3, -0.25) is 4.79 Å². The fourth-order valence-electron chi connectivity index (χ4n) is 1.99. The molecular weight excluding hydrogens is 234 g/mol. The van der Waals surface area contributed by atoms with Crippen LogP contribution in [-0.2, 0) is 19.1 Å². The molecule has 2 aliphatic heterocycles. The molecule has 0 bridgehead atoms. The molecule has 1 aromatic rings. The molecule has 92 valence electrons. The first-order valence-corrected chi connectivity index (χ1v) is 5.70. The predicted octanol–water partition coefficient (Wildman–Crippen LogP) is 1.38. The second-order valence-electron chi connectivity index (χ2n) is 4.11. The van der Waals surface area contributed by atoms with Crippen LogP contribution in [0.1, 0.15) is 24.6 Å². The lowest BCUT2D eigenvalue weighted by atomic mass is 10.2. The molecule has 0 amide bonds. The van der Waals surface area contributed by atoms with E-state index in [1.54, 1.807) is 0 Å². The zero-order chi connectivity index (χ0) is 12.5. The van der Waals surface area contributed by atoms with Crippen molar-refractivity contribution >= 4 is 11.9 Å². The van der Waals surface area contributed by atoms with E-state index in [0.717, 1.165) is 5.56 Å². The van der Waals surface area contributed by atoms with E-state index < -0.39 is 12.2 Å². The minimum atomic E-state index is -0.513. The molecule has 2 aliphatic rings. The summed E-state index contributed by atoms with van der Waals surface area (Å²) in [5.41, 5.74) is 1.11. The summed E-state index contributed by atoms with van der Waals surface area (Å²) in [7, 11) is 0. The maximum absolute atomic E-state index is 11.7. The van der Waals surface area contributed by atoms with Crippen molar-refractivity contribution in [3.05, 3.63) is 47.4 Å². The third-order valence-electron chi connectivity index (χ3n) is 2.88. The molecule has 0 aliphatic carbocycles. The predicted molar refractivity (Wildman–Crippen MR) is 60.8 cm³/mol. The van der Waals surface area contributed by atoms with Crippen LogP contribution >= 0.6 is 0 Å². The van der Waals surface area contributed by atoms with Gasteiger partial charge in [-0.05, 0) is 0 Å². The SMILES string of the molecule is O=C1CCC(=C2NC(c3ccccc3)OC2=O)O1. The van der Waals surface area contributed by atoms with Crippen molar-refractivity contribution in [1.29, 1.82) is 0 Å². The fraction of sp³-hybridized carbons (Fsp3) is 0.231. The first-order valence-electron chi connectivity index (χ1n) is 5.70. The molecule has 18 heavy (non-hydrogen) atoms. The molecule has 1 unspecified atom stereocenters. The first-order chi connectivity index (χ1) is 8.74. The molecule has 3 rings (SSSR count). The summed E-state index contributed by atoms with van der Waals surface area (Å²) in [5, 5.41) is 2.95. The highest BCUT2D eigenvalue weighted by molar-refractivity contribution is 5.91.